The van der Waals surface area contributed by atoms with Crippen LogP contribution in [0.2, 0.25) is 0 Å². The molecule has 0 aliphatic carbocycles. The largest absolute Gasteiger partial charge is 0.454 e. The minimum absolute atomic E-state index is 0.457. The lowest BCUT2D eigenvalue weighted by molar-refractivity contribution is 0.489. The smallest absolute Gasteiger partial charge is 0.168 e. The Bertz CT molecular complexity index is 3080. The minimum atomic E-state index is 0.457. The van der Waals surface area contributed by atoms with Gasteiger partial charge in [-0.1, -0.05) is 103 Å². The number of hydrogen-bond acceptors (Lipinski definition) is 8. The number of benzene rings is 5. The van der Waals surface area contributed by atoms with E-state index in [2.05, 4.69) is 15.0 Å². The summed E-state index contributed by atoms with van der Waals surface area (Å²) in [7, 11) is 0. The van der Waals surface area contributed by atoms with Gasteiger partial charge in [0.25, 0.3) is 0 Å². The lowest BCUT2D eigenvalue weighted by Crippen LogP contribution is -1.92. The third-order valence-electron chi connectivity index (χ3n) is 9.36. The molecule has 51 heavy (non-hydrogen) atoms. The van der Waals surface area contributed by atoms with E-state index < -0.39 is 0 Å². The molecule has 2 aliphatic rings. The Balaban J connectivity index is 1.26. The van der Waals surface area contributed by atoms with E-state index in [1.165, 1.54) is 0 Å². The average molecular weight is 658 g/mol. The van der Waals surface area contributed by atoms with Crippen LogP contribution in [0.15, 0.2) is 128 Å². The van der Waals surface area contributed by atoms with Crippen LogP contribution >= 0.6 is 0 Å². The van der Waals surface area contributed by atoms with Crippen LogP contribution in [0.5, 0.6) is 11.5 Å². The number of hydrogen-bond donors (Lipinski definition) is 2. The van der Waals surface area contributed by atoms with Crippen molar-refractivity contribution in [3.8, 4) is 57.1 Å². The molecule has 9 aromatic rings. The molecule has 8 bridgehead atoms. The molecule has 238 valence electrons. The van der Waals surface area contributed by atoms with Crippen molar-refractivity contribution in [2.45, 2.75) is 0 Å². The fourth-order valence-electron chi connectivity index (χ4n) is 7.02. The summed E-state index contributed by atoms with van der Waals surface area (Å²) in [5, 5.41) is 4.61. The Morgan fingerprint density at radius 2 is 0.863 bits per heavy atom. The summed E-state index contributed by atoms with van der Waals surface area (Å²) in [4.78, 5) is 42.1. The number of aromatic amines is 2. The highest BCUT2D eigenvalue weighted by molar-refractivity contribution is 6.06. The molecule has 6 heterocycles. The molecule has 0 saturated heterocycles. The third kappa shape index (κ3) is 4.26. The molecule has 4 aromatic heterocycles. The zero-order valence-electron chi connectivity index (χ0n) is 26.7. The second-order valence-electron chi connectivity index (χ2n) is 12.4. The number of aromatic nitrogens is 9. The Morgan fingerprint density at radius 3 is 1.49 bits per heavy atom. The summed E-state index contributed by atoms with van der Waals surface area (Å²) >= 11 is 0. The number of pyridine rings is 1. The second kappa shape index (κ2) is 10.6. The van der Waals surface area contributed by atoms with Gasteiger partial charge in [-0.3, -0.25) is 4.98 Å². The topological polar surface area (TPSA) is 131 Å². The molecular weight excluding hydrogens is 635 g/mol. The monoisotopic (exact) mass is 657 g/mol. The highest BCUT2D eigenvalue weighted by Crippen LogP contribution is 2.43. The first-order valence-electron chi connectivity index (χ1n) is 16.5. The van der Waals surface area contributed by atoms with Crippen molar-refractivity contribution in [1.29, 1.82) is 0 Å². The van der Waals surface area contributed by atoms with Crippen LogP contribution in [-0.2, 0) is 0 Å². The molecule has 11 rings (SSSR count). The molecule has 0 atom stereocenters. The third-order valence-corrected chi connectivity index (χ3v) is 9.36. The Hall–Kier alpha value is -7.33. The number of nitrogens with zero attached hydrogens (tertiary/aromatic N) is 7. The van der Waals surface area contributed by atoms with E-state index in [0.29, 0.717) is 57.4 Å². The van der Waals surface area contributed by atoms with Crippen molar-refractivity contribution >= 4 is 55.0 Å². The van der Waals surface area contributed by atoms with Crippen LogP contribution in [-0.4, -0.2) is 44.9 Å². The van der Waals surface area contributed by atoms with Gasteiger partial charge in [0.15, 0.2) is 29.0 Å². The molecule has 0 unspecified atom stereocenters. The van der Waals surface area contributed by atoms with Gasteiger partial charge in [-0.2, -0.15) is 0 Å². The maximum absolute atomic E-state index is 6.67. The van der Waals surface area contributed by atoms with Gasteiger partial charge in [0.2, 0.25) is 0 Å². The van der Waals surface area contributed by atoms with E-state index in [1.807, 2.05) is 121 Å². The van der Waals surface area contributed by atoms with Crippen LogP contribution in [0.4, 0.5) is 0 Å². The summed E-state index contributed by atoms with van der Waals surface area (Å²) in [6.45, 7) is 0. The summed E-state index contributed by atoms with van der Waals surface area (Å²) in [5.74, 6) is 3.30. The van der Waals surface area contributed by atoms with Crippen molar-refractivity contribution in [2.75, 3.05) is 0 Å². The SMILES string of the molecule is c1ccc2c(c1)-c1nc-2nc2[nH]c(nc3nc(nc4[nH]c(n1)c1ccccc41)-c1cccc(Oc4cccc5cccnc45)c1-3)c1ccccc21. The molecule has 0 fully saturated rings. The van der Waals surface area contributed by atoms with Gasteiger partial charge in [-0.15, -0.1) is 0 Å². The van der Waals surface area contributed by atoms with Crippen molar-refractivity contribution in [1.82, 2.24) is 44.9 Å². The lowest BCUT2D eigenvalue weighted by Gasteiger charge is -2.11. The van der Waals surface area contributed by atoms with E-state index in [9.17, 15) is 0 Å². The number of ether oxygens (including phenoxy) is 1. The predicted molar refractivity (Wildman–Crippen MR) is 198 cm³/mol. The molecule has 0 saturated carbocycles. The van der Waals surface area contributed by atoms with Gasteiger partial charge in [-0.25, -0.2) is 29.9 Å². The van der Waals surface area contributed by atoms with E-state index >= 15 is 0 Å². The van der Waals surface area contributed by atoms with Gasteiger partial charge in [0.1, 0.15) is 33.9 Å². The van der Waals surface area contributed by atoms with Gasteiger partial charge >= 0.3 is 0 Å². The van der Waals surface area contributed by atoms with Crippen LogP contribution in [0.25, 0.3) is 101 Å². The summed E-state index contributed by atoms with van der Waals surface area (Å²) < 4.78 is 6.67. The van der Waals surface area contributed by atoms with Gasteiger partial charge < -0.3 is 14.7 Å². The predicted octanol–water partition coefficient (Wildman–Crippen LogP) is 9.21. The number of nitrogens with one attached hydrogen (secondary N) is 2. The van der Waals surface area contributed by atoms with Crippen molar-refractivity contribution in [3.05, 3.63) is 128 Å². The Kier molecular flexibility index (Phi) is 5.73. The Labute approximate surface area is 288 Å². The molecule has 2 N–H and O–H groups in total. The second-order valence-corrected chi connectivity index (χ2v) is 12.4. The van der Waals surface area contributed by atoms with Gasteiger partial charge in [0, 0.05) is 49.8 Å². The van der Waals surface area contributed by atoms with E-state index in [4.69, 9.17) is 34.6 Å². The first-order valence-corrected chi connectivity index (χ1v) is 16.5. The summed E-state index contributed by atoms with van der Waals surface area (Å²) in [6, 6.07) is 39.8. The molecule has 10 heteroatoms. The highest BCUT2D eigenvalue weighted by atomic mass is 16.5. The molecule has 0 amide bonds. The molecule has 0 radical (unpaired) electrons. The summed E-state index contributed by atoms with van der Waals surface area (Å²) in [6.07, 6.45) is 1.77. The van der Waals surface area contributed by atoms with Crippen LogP contribution in [0.3, 0.4) is 0 Å². The number of rotatable bonds is 2. The van der Waals surface area contributed by atoms with Crippen molar-refractivity contribution in [3.63, 3.8) is 0 Å². The maximum Gasteiger partial charge on any atom is 0.168 e. The van der Waals surface area contributed by atoms with Crippen LogP contribution in [0.1, 0.15) is 0 Å². The van der Waals surface area contributed by atoms with E-state index in [-0.39, 0.29) is 0 Å². The van der Waals surface area contributed by atoms with Crippen molar-refractivity contribution < 1.29 is 4.74 Å². The first-order chi connectivity index (χ1) is 25.2. The minimum Gasteiger partial charge on any atom is -0.454 e. The Morgan fingerprint density at radius 1 is 0.392 bits per heavy atom. The van der Waals surface area contributed by atoms with Crippen molar-refractivity contribution in [2.24, 2.45) is 0 Å². The number of fused-ring (bicyclic) bond motifs is 21. The van der Waals surface area contributed by atoms with Gasteiger partial charge in [-0.05, 0) is 18.2 Å². The molecular formula is C41H23N9O. The normalized spacial score (nSPS) is 11.9. The lowest BCUT2D eigenvalue weighted by atomic mass is 10.1. The van der Waals surface area contributed by atoms with E-state index in [0.717, 1.165) is 54.7 Å². The van der Waals surface area contributed by atoms with E-state index in [1.54, 1.807) is 6.20 Å². The van der Waals surface area contributed by atoms with Gasteiger partial charge in [0.05, 0.1) is 5.56 Å². The maximum atomic E-state index is 6.67. The van der Waals surface area contributed by atoms with Crippen LogP contribution < -0.4 is 4.74 Å². The molecule has 5 aromatic carbocycles. The summed E-state index contributed by atoms with van der Waals surface area (Å²) in [5.41, 5.74) is 6.59. The first kappa shape index (κ1) is 27.6. The standard InChI is InChI=1S/C41H23N9O/c1-2-13-24-23(12-1)34-43-35(24)45-37-27-16-5-6-17-28(27)39(47-37)49-41-32-29(40(50-41)48-38-26-15-4-3-14-25(26)36(44-34)46-38)18-8-19-30(32)51-31-20-7-10-22-11-9-21-42-33(22)31/h1-21H,(H2,43,44,45,46,47,48,49,50). The van der Waals surface area contributed by atoms with Crippen LogP contribution in [0, 0.1) is 0 Å². The molecule has 2 aliphatic heterocycles. The fourth-order valence-corrected chi connectivity index (χ4v) is 7.02. The zero-order valence-corrected chi connectivity index (χ0v) is 26.7. The zero-order chi connectivity index (χ0) is 33.5. The quantitative estimate of drug-likeness (QED) is 0.188. The fraction of sp³-hybridized carbons (Fsp3) is 0. The molecule has 10 nitrogen and oxygen atoms in total. The highest BCUT2D eigenvalue weighted by Gasteiger charge is 2.25. The average Bonchev–Trinajstić information content (AvgIpc) is 3.91. The molecule has 0 spiro atoms. The number of H-pyrrole nitrogens is 2. The number of para-hydroxylation sites is 1.